The Labute approximate surface area is 106 Å². The number of rotatable bonds is 3. The van der Waals surface area contributed by atoms with E-state index in [0.717, 1.165) is 25.7 Å². The van der Waals surface area contributed by atoms with Crippen molar-refractivity contribution in [1.82, 2.24) is 10.6 Å². The highest BCUT2D eigenvalue weighted by molar-refractivity contribution is 6.35. The number of hydrogen-bond acceptors (Lipinski definition) is 3. The number of furan rings is 1. The van der Waals surface area contributed by atoms with Gasteiger partial charge in [-0.25, -0.2) is 0 Å². The minimum atomic E-state index is -0.600. The monoisotopic (exact) mass is 250 g/mol. The van der Waals surface area contributed by atoms with Crippen LogP contribution in [-0.2, 0) is 16.1 Å². The molecule has 0 saturated heterocycles. The molecule has 1 aromatic heterocycles. The molecule has 5 nitrogen and oxygen atoms in total. The minimum Gasteiger partial charge on any atom is -0.467 e. The van der Waals surface area contributed by atoms with E-state index < -0.39 is 11.8 Å². The fourth-order valence-corrected chi connectivity index (χ4v) is 2.16. The van der Waals surface area contributed by atoms with Gasteiger partial charge >= 0.3 is 11.8 Å². The van der Waals surface area contributed by atoms with Crippen molar-refractivity contribution in [2.45, 2.75) is 44.7 Å². The summed E-state index contributed by atoms with van der Waals surface area (Å²) < 4.78 is 5.07. The highest BCUT2D eigenvalue weighted by atomic mass is 16.3. The quantitative estimate of drug-likeness (QED) is 0.795. The fourth-order valence-electron chi connectivity index (χ4n) is 2.16. The molecule has 1 heterocycles. The SMILES string of the molecule is O=C(NCc1ccco1)C(=O)NC1CCCCC1. The normalized spacial score (nSPS) is 16.2. The molecule has 2 rings (SSSR count). The molecule has 18 heavy (non-hydrogen) atoms. The molecule has 0 atom stereocenters. The van der Waals surface area contributed by atoms with Crippen LogP contribution in [0.3, 0.4) is 0 Å². The van der Waals surface area contributed by atoms with Gasteiger partial charge in [-0.15, -0.1) is 0 Å². The Morgan fingerprint density at radius 1 is 1.22 bits per heavy atom. The van der Waals surface area contributed by atoms with E-state index in [0.29, 0.717) is 5.76 Å². The highest BCUT2D eigenvalue weighted by Crippen LogP contribution is 2.17. The fraction of sp³-hybridized carbons (Fsp3) is 0.538. The van der Waals surface area contributed by atoms with E-state index in [-0.39, 0.29) is 12.6 Å². The van der Waals surface area contributed by atoms with E-state index in [1.165, 1.54) is 12.7 Å². The van der Waals surface area contributed by atoms with Gasteiger partial charge < -0.3 is 15.1 Å². The smallest absolute Gasteiger partial charge is 0.309 e. The van der Waals surface area contributed by atoms with Gasteiger partial charge in [0.1, 0.15) is 5.76 Å². The molecule has 1 aliphatic carbocycles. The van der Waals surface area contributed by atoms with E-state index in [4.69, 9.17) is 4.42 Å². The van der Waals surface area contributed by atoms with Gasteiger partial charge in [0.25, 0.3) is 0 Å². The molecule has 1 saturated carbocycles. The summed E-state index contributed by atoms with van der Waals surface area (Å²) in [7, 11) is 0. The Kier molecular flexibility index (Phi) is 4.39. The third kappa shape index (κ3) is 3.61. The maximum atomic E-state index is 11.6. The molecule has 0 spiro atoms. The molecule has 2 N–H and O–H groups in total. The summed E-state index contributed by atoms with van der Waals surface area (Å²) >= 11 is 0. The Hall–Kier alpha value is -1.78. The molecule has 2 amide bonds. The van der Waals surface area contributed by atoms with Crippen molar-refractivity contribution in [2.24, 2.45) is 0 Å². The van der Waals surface area contributed by atoms with Gasteiger partial charge in [-0.2, -0.15) is 0 Å². The zero-order valence-electron chi connectivity index (χ0n) is 10.3. The van der Waals surface area contributed by atoms with E-state index in [9.17, 15) is 9.59 Å². The van der Waals surface area contributed by atoms with Crippen LogP contribution in [0.2, 0.25) is 0 Å². The van der Waals surface area contributed by atoms with Gasteiger partial charge in [0, 0.05) is 6.04 Å². The van der Waals surface area contributed by atoms with Crippen LogP contribution in [0.15, 0.2) is 22.8 Å². The van der Waals surface area contributed by atoms with Crippen LogP contribution in [-0.4, -0.2) is 17.9 Å². The third-order valence-electron chi connectivity index (χ3n) is 3.15. The molecule has 0 radical (unpaired) electrons. The topological polar surface area (TPSA) is 71.3 Å². The van der Waals surface area contributed by atoms with Crippen LogP contribution in [0, 0.1) is 0 Å². The first kappa shape index (κ1) is 12.7. The van der Waals surface area contributed by atoms with Crippen LogP contribution in [0.5, 0.6) is 0 Å². The molecule has 1 aromatic rings. The maximum absolute atomic E-state index is 11.6. The van der Waals surface area contributed by atoms with Crippen LogP contribution in [0.4, 0.5) is 0 Å². The predicted molar refractivity (Wildman–Crippen MR) is 65.6 cm³/mol. The number of nitrogens with one attached hydrogen (secondary N) is 2. The second-order valence-electron chi connectivity index (χ2n) is 4.57. The average molecular weight is 250 g/mol. The Balaban J connectivity index is 1.72. The highest BCUT2D eigenvalue weighted by Gasteiger charge is 2.20. The number of amides is 2. The molecule has 1 aliphatic rings. The Bertz CT molecular complexity index is 394. The summed E-state index contributed by atoms with van der Waals surface area (Å²) in [6.07, 6.45) is 6.94. The van der Waals surface area contributed by atoms with Gasteiger partial charge in [-0.1, -0.05) is 19.3 Å². The summed E-state index contributed by atoms with van der Waals surface area (Å²) in [5, 5.41) is 5.30. The predicted octanol–water partition coefficient (Wildman–Crippen LogP) is 1.34. The van der Waals surface area contributed by atoms with E-state index in [2.05, 4.69) is 10.6 Å². The van der Waals surface area contributed by atoms with Gasteiger partial charge in [-0.3, -0.25) is 9.59 Å². The molecule has 0 bridgehead atoms. The molecule has 0 aromatic carbocycles. The van der Waals surface area contributed by atoms with Crippen molar-refractivity contribution in [3.05, 3.63) is 24.2 Å². The summed E-state index contributed by atoms with van der Waals surface area (Å²) in [6.45, 7) is 0.240. The van der Waals surface area contributed by atoms with Gasteiger partial charge in [-0.05, 0) is 25.0 Å². The largest absolute Gasteiger partial charge is 0.467 e. The minimum absolute atomic E-state index is 0.153. The standard InChI is InChI=1S/C13H18N2O3/c16-12(14-9-11-7-4-8-18-11)13(17)15-10-5-2-1-3-6-10/h4,7-8,10H,1-3,5-6,9H2,(H,14,16)(H,15,17). The first-order valence-electron chi connectivity index (χ1n) is 6.37. The van der Waals surface area contributed by atoms with Crippen LogP contribution in [0.1, 0.15) is 37.9 Å². The second kappa shape index (κ2) is 6.23. The van der Waals surface area contributed by atoms with Crippen LogP contribution in [0.25, 0.3) is 0 Å². The molecule has 5 heteroatoms. The summed E-state index contributed by atoms with van der Waals surface area (Å²) in [5.41, 5.74) is 0. The van der Waals surface area contributed by atoms with E-state index >= 15 is 0 Å². The third-order valence-corrected chi connectivity index (χ3v) is 3.15. The lowest BCUT2D eigenvalue weighted by molar-refractivity contribution is -0.139. The van der Waals surface area contributed by atoms with Gasteiger partial charge in [0.15, 0.2) is 0 Å². The molecular formula is C13H18N2O3. The summed E-state index contributed by atoms with van der Waals surface area (Å²) in [5.74, 6) is -0.515. The Morgan fingerprint density at radius 2 is 2.00 bits per heavy atom. The van der Waals surface area contributed by atoms with E-state index in [1.807, 2.05) is 0 Å². The maximum Gasteiger partial charge on any atom is 0.309 e. The molecule has 0 unspecified atom stereocenters. The van der Waals surface area contributed by atoms with Crippen molar-refractivity contribution in [3.8, 4) is 0 Å². The first-order valence-corrected chi connectivity index (χ1v) is 6.37. The van der Waals surface area contributed by atoms with Crippen LogP contribution < -0.4 is 10.6 Å². The number of hydrogen-bond donors (Lipinski definition) is 2. The number of carbonyl (C=O) groups is 2. The molecule has 98 valence electrons. The summed E-state index contributed by atoms with van der Waals surface area (Å²) in [4.78, 5) is 23.2. The molecule has 0 aliphatic heterocycles. The second-order valence-corrected chi connectivity index (χ2v) is 4.57. The lowest BCUT2D eigenvalue weighted by atomic mass is 9.95. The molecular weight excluding hydrogens is 232 g/mol. The van der Waals surface area contributed by atoms with Crippen molar-refractivity contribution < 1.29 is 14.0 Å². The summed E-state index contributed by atoms with van der Waals surface area (Å²) in [6, 6.07) is 3.64. The molecule has 1 fully saturated rings. The first-order chi connectivity index (χ1) is 8.75. The van der Waals surface area contributed by atoms with Crippen molar-refractivity contribution in [2.75, 3.05) is 0 Å². The Morgan fingerprint density at radius 3 is 2.67 bits per heavy atom. The van der Waals surface area contributed by atoms with Crippen molar-refractivity contribution in [3.63, 3.8) is 0 Å². The lowest BCUT2D eigenvalue weighted by Gasteiger charge is -2.22. The zero-order valence-corrected chi connectivity index (χ0v) is 10.3. The zero-order chi connectivity index (χ0) is 12.8. The average Bonchev–Trinajstić information content (AvgIpc) is 2.90. The van der Waals surface area contributed by atoms with E-state index in [1.54, 1.807) is 12.1 Å². The van der Waals surface area contributed by atoms with Crippen molar-refractivity contribution >= 4 is 11.8 Å². The van der Waals surface area contributed by atoms with Gasteiger partial charge in [0.2, 0.25) is 0 Å². The van der Waals surface area contributed by atoms with Crippen LogP contribution >= 0.6 is 0 Å². The number of carbonyl (C=O) groups excluding carboxylic acids is 2. The van der Waals surface area contributed by atoms with Gasteiger partial charge in [0.05, 0.1) is 12.8 Å². The lowest BCUT2D eigenvalue weighted by Crippen LogP contribution is -2.44. The van der Waals surface area contributed by atoms with Crippen molar-refractivity contribution in [1.29, 1.82) is 0 Å².